The quantitative estimate of drug-likeness (QED) is 0.281. The van der Waals surface area contributed by atoms with Crippen LogP contribution in [0.25, 0.3) is 0 Å². The second-order valence-electron chi connectivity index (χ2n) is 6.21. The highest BCUT2D eigenvalue weighted by molar-refractivity contribution is 14.0. The van der Waals surface area contributed by atoms with Gasteiger partial charge in [0.2, 0.25) is 5.91 Å². The maximum Gasteiger partial charge on any atom is 0.222 e. The molecule has 0 aliphatic heterocycles. The Morgan fingerprint density at radius 3 is 2.59 bits per heavy atom. The number of aliphatic imine (C=N–C) groups is 1. The number of ether oxygens (including phenoxy) is 2. The summed E-state index contributed by atoms with van der Waals surface area (Å²) in [6.45, 7) is 5.30. The summed E-state index contributed by atoms with van der Waals surface area (Å²) >= 11 is 0. The van der Waals surface area contributed by atoms with Gasteiger partial charge in [0, 0.05) is 18.5 Å². The number of halogens is 1. The third kappa shape index (κ3) is 8.23. The van der Waals surface area contributed by atoms with Gasteiger partial charge in [-0.3, -0.25) is 9.79 Å². The van der Waals surface area contributed by atoms with Crippen molar-refractivity contribution >= 4 is 41.5 Å². The second kappa shape index (κ2) is 12.6. The summed E-state index contributed by atoms with van der Waals surface area (Å²) in [6.07, 6.45) is 4.88. The van der Waals surface area contributed by atoms with Gasteiger partial charge in [-0.05, 0) is 38.8 Å². The Kier molecular flexibility index (Phi) is 10.9. The fraction of sp³-hybridized carbons (Fsp3) is 0.579. The van der Waals surface area contributed by atoms with Crippen molar-refractivity contribution in [2.45, 2.75) is 52.0 Å². The van der Waals surface area contributed by atoms with Crippen LogP contribution in [0.4, 0.5) is 5.69 Å². The Bertz CT molecular complexity index is 619. The first-order chi connectivity index (χ1) is 12.6. The molecule has 0 atom stereocenters. The predicted octanol–water partition coefficient (Wildman–Crippen LogP) is 3.28. The first-order valence-electron chi connectivity index (χ1n) is 9.38. The van der Waals surface area contributed by atoms with Crippen LogP contribution in [0.2, 0.25) is 0 Å². The first-order valence-corrected chi connectivity index (χ1v) is 9.38. The molecule has 1 aliphatic rings. The van der Waals surface area contributed by atoms with Gasteiger partial charge in [-0.25, -0.2) is 0 Å². The van der Waals surface area contributed by atoms with E-state index >= 15 is 0 Å². The maximum absolute atomic E-state index is 11.9. The van der Waals surface area contributed by atoms with Crippen LogP contribution in [0.1, 0.15) is 46.0 Å². The molecule has 1 aromatic carbocycles. The van der Waals surface area contributed by atoms with Crippen LogP contribution >= 0.6 is 24.0 Å². The van der Waals surface area contributed by atoms with Crippen molar-refractivity contribution < 1.29 is 14.3 Å². The molecule has 2 rings (SSSR count). The van der Waals surface area contributed by atoms with E-state index in [4.69, 9.17) is 15.2 Å². The van der Waals surface area contributed by atoms with Gasteiger partial charge >= 0.3 is 0 Å². The Hall–Kier alpha value is -1.71. The van der Waals surface area contributed by atoms with E-state index < -0.39 is 0 Å². The number of guanidine groups is 1. The number of carbonyl (C=O) groups excluding carboxylic acids is 1. The molecule has 152 valence electrons. The molecule has 27 heavy (non-hydrogen) atoms. The average molecular weight is 490 g/mol. The van der Waals surface area contributed by atoms with E-state index in [9.17, 15) is 4.79 Å². The van der Waals surface area contributed by atoms with Crippen molar-refractivity contribution in [3.05, 3.63) is 18.2 Å². The van der Waals surface area contributed by atoms with Crippen LogP contribution in [0.3, 0.4) is 0 Å². The van der Waals surface area contributed by atoms with Gasteiger partial charge in [0.1, 0.15) is 11.5 Å². The van der Waals surface area contributed by atoms with E-state index in [1.807, 2.05) is 32.0 Å². The van der Waals surface area contributed by atoms with Gasteiger partial charge < -0.3 is 25.8 Å². The van der Waals surface area contributed by atoms with Gasteiger partial charge in [0.15, 0.2) is 5.96 Å². The Morgan fingerprint density at radius 2 is 1.93 bits per heavy atom. The molecule has 0 unspecified atom stereocenters. The average Bonchev–Trinajstić information content (AvgIpc) is 3.10. The van der Waals surface area contributed by atoms with Crippen molar-refractivity contribution in [1.82, 2.24) is 5.32 Å². The number of carbonyl (C=O) groups is 1. The van der Waals surface area contributed by atoms with Crippen molar-refractivity contribution in [2.75, 3.05) is 25.1 Å². The summed E-state index contributed by atoms with van der Waals surface area (Å²) in [7, 11) is 0. The Balaban J connectivity index is 0.00000364. The molecule has 0 aromatic heterocycles. The van der Waals surface area contributed by atoms with Crippen molar-refractivity contribution in [3.63, 3.8) is 0 Å². The summed E-state index contributed by atoms with van der Waals surface area (Å²) in [5.74, 6) is 1.67. The third-order valence-corrected chi connectivity index (χ3v) is 4.17. The van der Waals surface area contributed by atoms with E-state index in [1.54, 1.807) is 0 Å². The number of nitrogens with zero attached hydrogens (tertiary/aromatic N) is 1. The van der Waals surface area contributed by atoms with Crippen molar-refractivity contribution in [2.24, 2.45) is 10.7 Å². The lowest BCUT2D eigenvalue weighted by molar-refractivity contribution is -0.121. The minimum absolute atomic E-state index is 0. The SMILES string of the molecule is CCOc1ccc(OCC)c(NC(N)=NCCC(=O)NC2CCCC2)c1.I. The molecule has 1 aliphatic carbocycles. The van der Waals surface area contributed by atoms with E-state index in [1.165, 1.54) is 12.8 Å². The predicted molar refractivity (Wildman–Crippen MR) is 119 cm³/mol. The molecule has 1 amide bonds. The third-order valence-electron chi connectivity index (χ3n) is 4.17. The Morgan fingerprint density at radius 1 is 1.22 bits per heavy atom. The van der Waals surface area contributed by atoms with E-state index in [0.717, 1.165) is 18.6 Å². The highest BCUT2D eigenvalue weighted by atomic mass is 127. The lowest BCUT2D eigenvalue weighted by atomic mass is 10.2. The number of rotatable bonds is 9. The molecule has 4 N–H and O–H groups in total. The number of hydrogen-bond acceptors (Lipinski definition) is 4. The maximum atomic E-state index is 11.9. The number of amides is 1. The molecule has 0 bridgehead atoms. The highest BCUT2D eigenvalue weighted by Crippen LogP contribution is 2.29. The molecule has 0 radical (unpaired) electrons. The minimum atomic E-state index is 0. The number of nitrogens with one attached hydrogen (secondary N) is 2. The summed E-state index contributed by atoms with van der Waals surface area (Å²) in [5, 5.41) is 6.08. The molecule has 8 heteroatoms. The number of hydrogen-bond donors (Lipinski definition) is 3. The van der Waals surface area contributed by atoms with Crippen LogP contribution in [-0.2, 0) is 4.79 Å². The van der Waals surface area contributed by atoms with Crippen LogP contribution in [0.5, 0.6) is 11.5 Å². The van der Waals surface area contributed by atoms with Gasteiger partial charge in [0.05, 0.1) is 25.4 Å². The summed E-state index contributed by atoms with van der Waals surface area (Å²) < 4.78 is 11.1. The largest absolute Gasteiger partial charge is 0.494 e. The zero-order chi connectivity index (χ0) is 18.8. The van der Waals surface area contributed by atoms with Crippen molar-refractivity contribution in [1.29, 1.82) is 0 Å². The fourth-order valence-electron chi connectivity index (χ4n) is 2.97. The molecule has 1 aromatic rings. The zero-order valence-electron chi connectivity index (χ0n) is 16.1. The molecule has 0 heterocycles. The highest BCUT2D eigenvalue weighted by Gasteiger charge is 2.16. The van der Waals surface area contributed by atoms with Crippen LogP contribution in [0, 0.1) is 0 Å². The molecule has 7 nitrogen and oxygen atoms in total. The molecule has 1 saturated carbocycles. The van der Waals surface area contributed by atoms with Crippen LogP contribution in [-0.4, -0.2) is 37.7 Å². The van der Waals surface area contributed by atoms with Crippen molar-refractivity contribution in [3.8, 4) is 11.5 Å². The standard InChI is InChI=1S/C19H30N4O3.HI/c1-3-25-15-9-10-17(26-4-2)16(13-15)23-19(20)21-12-11-18(24)22-14-7-5-6-8-14;/h9-10,13-14H,3-8,11-12H2,1-2H3,(H,22,24)(H3,20,21,23);1H. The molecular formula is C19H31IN4O3. The Labute approximate surface area is 178 Å². The summed E-state index contributed by atoms with van der Waals surface area (Å²) in [6, 6.07) is 5.83. The lowest BCUT2D eigenvalue weighted by Gasteiger charge is -2.14. The fourth-order valence-corrected chi connectivity index (χ4v) is 2.97. The first kappa shape index (κ1) is 23.3. The van der Waals surface area contributed by atoms with Gasteiger partial charge in [0.25, 0.3) is 0 Å². The van der Waals surface area contributed by atoms with Gasteiger partial charge in [-0.1, -0.05) is 12.8 Å². The van der Waals surface area contributed by atoms with Gasteiger partial charge in [-0.15, -0.1) is 24.0 Å². The van der Waals surface area contributed by atoms with E-state index in [2.05, 4.69) is 15.6 Å². The topological polar surface area (TPSA) is 98.0 Å². The lowest BCUT2D eigenvalue weighted by Crippen LogP contribution is -2.33. The smallest absolute Gasteiger partial charge is 0.222 e. The number of anilines is 1. The monoisotopic (exact) mass is 490 g/mol. The van der Waals surface area contributed by atoms with E-state index in [0.29, 0.717) is 43.7 Å². The molecule has 0 saturated heterocycles. The number of benzene rings is 1. The zero-order valence-corrected chi connectivity index (χ0v) is 18.5. The van der Waals surface area contributed by atoms with E-state index in [-0.39, 0.29) is 35.8 Å². The minimum Gasteiger partial charge on any atom is -0.494 e. The molecule has 1 fully saturated rings. The van der Waals surface area contributed by atoms with Crippen LogP contribution in [0.15, 0.2) is 23.2 Å². The molecule has 0 spiro atoms. The second-order valence-corrected chi connectivity index (χ2v) is 6.21. The summed E-state index contributed by atoms with van der Waals surface area (Å²) in [5.41, 5.74) is 6.64. The number of nitrogens with two attached hydrogens (primary N) is 1. The van der Waals surface area contributed by atoms with Crippen LogP contribution < -0.4 is 25.8 Å². The summed E-state index contributed by atoms with van der Waals surface area (Å²) in [4.78, 5) is 16.2. The molecular weight excluding hydrogens is 459 g/mol. The van der Waals surface area contributed by atoms with Gasteiger partial charge in [-0.2, -0.15) is 0 Å². The normalized spacial score (nSPS) is 14.4.